The molecule has 3 rings (SSSR count). The zero-order chi connectivity index (χ0) is 13.4. The second-order valence-electron chi connectivity index (χ2n) is 4.48. The van der Waals surface area contributed by atoms with Crippen LogP contribution in [0.2, 0.25) is 0 Å². The molecule has 1 aliphatic carbocycles. The summed E-state index contributed by atoms with van der Waals surface area (Å²) in [6.45, 7) is 0. The van der Waals surface area contributed by atoms with Crippen molar-refractivity contribution >= 4 is 11.3 Å². The molecule has 2 atom stereocenters. The van der Waals surface area contributed by atoms with Gasteiger partial charge in [0.25, 0.3) is 0 Å². The molecule has 2 unspecified atom stereocenters. The van der Waals surface area contributed by atoms with Gasteiger partial charge in [-0.2, -0.15) is 11.3 Å². The number of methoxy groups -OCH3 is 1. The molecule has 0 bridgehead atoms. The van der Waals surface area contributed by atoms with Crippen molar-refractivity contribution < 1.29 is 14.9 Å². The van der Waals surface area contributed by atoms with Gasteiger partial charge in [-0.05, 0) is 51.2 Å². The van der Waals surface area contributed by atoms with Crippen molar-refractivity contribution in [2.24, 2.45) is 0 Å². The van der Waals surface area contributed by atoms with E-state index in [2.05, 4.69) is 5.38 Å². The maximum absolute atomic E-state index is 10.2. The fourth-order valence-electron chi connectivity index (χ4n) is 2.36. The standard InChI is InChI=1S/C15H14O3S/c1-18-14-7-13(16)12-6-9(10-4-5-19-8-10)2-3-11(12)15(14)17/h2-8,13,15-17H,1H3. The van der Waals surface area contributed by atoms with Crippen molar-refractivity contribution in [1.29, 1.82) is 0 Å². The van der Waals surface area contributed by atoms with E-state index in [1.165, 1.54) is 7.11 Å². The molecule has 3 nitrogen and oxygen atoms in total. The second kappa shape index (κ2) is 4.81. The lowest BCUT2D eigenvalue weighted by atomic mass is 9.89. The summed E-state index contributed by atoms with van der Waals surface area (Å²) >= 11 is 1.63. The van der Waals surface area contributed by atoms with E-state index in [9.17, 15) is 10.2 Å². The highest BCUT2D eigenvalue weighted by atomic mass is 32.1. The third-order valence-corrected chi connectivity index (χ3v) is 4.07. The number of thiophene rings is 1. The van der Waals surface area contributed by atoms with E-state index in [0.29, 0.717) is 11.3 Å². The van der Waals surface area contributed by atoms with Crippen molar-refractivity contribution in [2.45, 2.75) is 12.2 Å². The van der Waals surface area contributed by atoms with E-state index in [1.54, 1.807) is 17.4 Å². The molecule has 0 aliphatic heterocycles. The number of hydrogen-bond acceptors (Lipinski definition) is 4. The lowest BCUT2D eigenvalue weighted by Gasteiger charge is -2.25. The van der Waals surface area contributed by atoms with Crippen molar-refractivity contribution in [3.05, 3.63) is 58.0 Å². The Morgan fingerprint density at radius 1 is 1.11 bits per heavy atom. The first kappa shape index (κ1) is 12.4. The van der Waals surface area contributed by atoms with Gasteiger partial charge in [0.05, 0.1) is 7.11 Å². The van der Waals surface area contributed by atoms with Crippen LogP contribution in [0.25, 0.3) is 11.1 Å². The quantitative estimate of drug-likeness (QED) is 0.885. The molecule has 4 heteroatoms. The summed E-state index contributed by atoms with van der Waals surface area (Å²) in [5, 5.41) is 24.4. The topological polar surface area (TPSA) is 49.7 Å². The average molecular weight is 274 g/mol. The zero-order valence-corrected chi connectivity index (χ0v) is 11.2. The monoisotopic (exact) mass is 274 g/mol. The van der Waals surface area contributed by atoms with Crippen LogP contribution in [0.15, 0.2) is 46.9 Å². The van der Waals surface area contributed by atoms with Crippen LogP contribution in [0.4, 0.5) is 0 Å². The van der Waals surface area contributed by atoms with Crippen molar-refractivity contribution in [3.8, 4) is 11.1 Å². The predicted octanol–water partition coefficient (Wildman–Crippen LogP) is 3.03. The Morgan fingerprint density at radius 2 is 1.95 bits per heavy atom. The molecule has 1 heterocycles. The van der Waals surface area contributed by atoms with Gasteiger partial charge in [0.15, 0.2) is 0 Å². The van der Waals surface area contributed by atoms with E-state index in [1.807, 2.05) is 29.6 Å². The van der Waals surface area contributed by atoms with Crippen molar-refractivity contribution in [1.82, 2.24) is 0 Å². The van der Waals surface area contributed by atoms with Crippen molar-refractivity contribution in [2.75, 3.05) is 7.11 Å². The maximum Gasteiger partial charge on any atom is 0.136 e. The third-order valence-electron chi connectivity index (χ3n) is 3.38. The van der Waals surface area contributed by atoms with E-state index < -0.39 is 12.2 Å². The fraction of sp³-hybridized carbons (Fsp3) is 0.200. The molecular formula is C15H14O3S. The summed E-state index contributed by atoms with van der Waals surface area (Å²) in [6.07, 6.45) is -0.00317. The average Bonchev–Trinajstić information content (AvgIpc) is 2.96. The van der Waals surface area contributed by atoms with Crippen LogP contribution in [0.5, 0.6) is 0 Å². The Morgan fingerprint density at radius 3 is 2.63 bits per heavy atom. The second-order valence-corrected chi connectivity index (χ2v) is 5.26. The largest absolute Gasteiger partial charge is 0.498 e. The summed E-state index contributed by atoms with van der Waals surface area (Å²) in [4.78, 5) is 0. The van der Waals surface area contributed by atoms with Crippen LogP contribution in [0.1, 0.15) is 23.3 Å². The Labute approximate surface area is 115 Å². The van der Waals surface area contributed by atoms with Crippen molar-refractivity contribution in [3.63, 3.8) is 0 Å². The molecule has 0 fully saturated rings. The maximum atomic E-state index is 10.2. The predicted molar refractivity (Wildman–Crippen MR) is 74.8 cm³/mol. The molecule has 0 saturated heterocycles. The van der Waals surface area contributed by atoms with Crippen LogP contribution in [0.3, 0.4) is 0 Å². The Balaban J connectivity index is 2.07. The normalized spacial score (nSPS) is 21.7. The summed E-state index contributed by atoms with van der Waals surface area (Å²) in [5.41, 5.74) is 3.60. The van der Waals surface area contributed by atoms with Gasteiger partial charge in [0.1, 0.15) is 18.0 Å². The van der Waals surface area contributed by atoms with Gasteiger partial charge in [0.2, 0.25) is 0 Å². The summed E-state index contributed by atoms with van der Waals surface area (Å²) < 4.78 is 5.09. The van der Waals surface area contributed by atoms with Crippen LogP contribution >= 0.6 is 11.3 Å². The van der Waals surface area contributed by atoms with Gasteiger partial charge >= 0.3 is 0 Å². The number of hydrogen-bond donors (Lipinski definition) is 2. The minimum atomic E-state index is -0.806. The number of benzene rings is 1. The molecule has 1 aliphatic rings. The molecule has 1 aromatic carbocycles. The highest BCUT2D eigenvalue weighted by Crippen LogP contribution is 2.38. The smallest absolute Gasteiger partial charge is 0.136 e. The van der Waals surface area contributed by atoms with Gasteiger partial charge in [-0.25, -0.2) is 0 Å². The molecule has 2 aromatic rings. The third kappa shape index (κ3) is 2.08. The minimum absolute atomic E-state index is 0.392. The molecule has 0 radical (unpaired) electrons. The molecular weight excluding hydrogens is 260 g/mol. The van der Waals surface area contributed by atoms with Crippen LogP contribution in [-0.4, -0.2) is 17.3 Å². The van der Waals surface area contributed by atoms with Gasteiger partial charge in [-0.3, -0.25) is 0 Å². The van der Waals surface area contributed by atoms with E-state index in [0.717, 1.165) is 16.7 Å². The van der Waals surface area contributed by atoms with Gasteiger partial charge in [-0.1, -0.05) is 12.1 Å². The summed E-state index contributed by atoms with van der Waals surface area (Å²) in [5.74, 6) is 0.392. The summed E-state index contributed by atoms with van der Waals surface area (Å²) in [7, 11) is 1.49. The summed E-state index contributed by atoms with van der Waals surface area (Å²) in [6, 6.07) is 7.76. The Bertz CT molecular complexity index is 616. The van der Waals surface area contributed by atoms with Crippen LogP contribution < -0.4 is 0 Å². The van der Waals surface area contributed by atoms with Crippen LogP contribution in [-0.2, 0) is 4.74 Å². The first-order valence-electron chi connectivity index (χ1n) is 5.99. The zero-order valence-electron chi connectivity index (χ0n) is 10.4. The lowest BCUT2D eigenvalue weighted by molar-refractivity contribution is 0.108. The SMILES string of the molecule is COC1=CC(O)c2cc(-c3ccsc3)ccc2C1O. The first-order chi connectivity index (χ1) is 9.20. The van der Waals surface area contributed by atoms with Gasteiger partial charge < -0.3 is 14.9 Å². The highest BCUT2D eigenvalue weighted by molar-refractivity contribution is 7.08. The van der Waals surface area contributed by atoms with E-state index in [-0.39, 0.29) is 0 Å². The molecule has 0 amide bonds. The lowest BCUT2D eigenvalue weighted by Crippen LogP contribution is -2.15. The Hall–Kier alpha value is -1.62. The molecule has 19 heavy (non-hydrogen) atoms. The van der Waals surface area contributed by atoms with E-state index in [4.69, 9.17) is 4.74 Å². The number of fused-ring (bicyclic) bond motifs is 1. The molecule has 2 N–H and O–H groups in total. The first-order valence-corrected chi connectivity index (χ1v) is 6.93. The molecule has 0 saturated carbocycles. The number of rotatable bonds is 2. The highest BCUT2D eigenvalue weighted by Gasteiger charge is 2.27. The van der Waals surface area contributed by atoms with Gasteiger partial charge in [0, 0.05) is 0 Å². The molecule has 1 aromatic heterocycles. The fourth-order valence-corrected chi connectivity index (χ4v) is 3.02. The van der Waals surface area contributed by atoms with E-state index >= 15 is 0 Å². The van der Waals surface area contributed by atoms with Gasteiger partial charge in [-0.15, -0.1) is 0 Å². The molecule has 0 spiro atoms. The minimum Gasteiger partial charge on any atom is -0.498 e. The molecule has 98 valence electrons. The number of aliphatic hydroxyl groups is 2. The Kier molecular flexibility index (Phi) is 3.14. The van der Waals surface area contributed by atoms with Crippen LogP contribution in [0, 0.1) is 0 Å². The number of aliphatic hydroxyl groups excluding tert-OH is 2. The number of ether oxygens (including phenoxy) is 1.